The first kappa shape index (κ1) is 16.2. The third kappa shape index (κ3) is 4.98. The molecule has 3 heteroatoms. The fraction of sp³-hybridized carbons (Fsp3) is 0.562. The first-order valence-corrected chi connectivity index (χ1v) is 7.99. The number of nitrogens with one attached hydrogen (secondary N) is 2. The van der Waals surface area contributed by atoms with Gasteiger partial charge in [-0.25, -0.2) is 0 Å². The lowest BCUT2D eigenvalue weighted by Gasteiger charge is -2.26. The van der Waals surface area contributed by atoms with Crippen LogP contribution in [-0.4, -0.2) is 10.7 Å². The third-order valence-corrected chi connectivity index (χ3v) is 3.96. The summed E-state index contributed by atoms with van der Waals surface area (Å²) in [6, 6.07) is 8.52. The number of hydrogen-bond acceptors (Lipinski definition) is 2. The number of benzene rings is 1. The van der Waals surface area contributed by atoms with Crippen molar-refractivity contribution < 1.29 is 0 Å². The Bertz CT molecular complexity index is 403. The van der Waals surface area contributed by atoms with Crippen molar-refractivity contribution in [3.05, 3.63) is 29.8 Å². The van der Waals surface area contributed by atoms with Gasteiger partial charge >= 0.3 is 0 Å². The maximum absolute atomic E-state index is 7.79. The predicted octanol–water partition coefficient (Wildman–Crippen LogP) is 5.42. The first-order valence-electron chi connectivity index (χ1n) is 7.20. The smallest absolute Gasteiger partial charge is 0.106 e. The van der Waals surface area contributed by atoms with Crippen molar-refractivity contribution in [2.24, 2.45) is 5.92 Å². The molecule has 0 bridgehead atoms. The third-order valence-electron chi connectivity index (χ3n) is 3.54. The van der Waals surface area contributed by atoms with Crippen LogP contribution in [0.15, 0.2) is 24.3 Å². The highest BCUT2D eigenvalue weighted by molar-refractivity contribution is 9.18. The Morgan fingerprint density at radius 3 is 2.42 bits per heavy atom. The Kier molecular flexibility index (Phi) is 7.14. The molecule has 0 aliphatic rings. The zero-order valence-corrected chi connectivity index (χ0v) is 13.8. The molecule has 0 aliphatic heterocycles. The molecule has 2 N–H and O–H groups in total. The highest BCUT2D eigenvalue weighted by Gasteiger charge is 2.17. The zero-order chi connectivity index (χ0) is 14.3. The number of anilines is 1. The number of hydrogen-bond donors (Lipinski definition) is 2. The molecule has 2 nitrogen and oxygen atoms in total. The maximum atomic E-state index is 7.79. The van der Waals surface area contributed by atoms with Crippen LogP contribution in [0.25, 0.3) is 0 Å². The van der Waals surface area contributed by atoms with Gasteiger partial charge < -0.3 is 5.32 Å². The van der Waals surface area contributed by atoms with E-state index in [1.807, 2.05) is 18.2 Å². The Morgan fingerprint density at radius 1 is 1.21 bits per heavy atom. The average molecular weight is 325 g/mol. The second-order valence-electron chi connectivity index (χ2n) is 5.17. The van der Waals surface area contributed by atoms with E-state index in [2.05, 4.69) is 48.1 Å². The van der Waals surface area contributed by atoms with Crippen molar-refractivity contribution in [2.75, 3.05) is 5.32 Å². The minimum absolute atomic E-state index is 0.439. The van der Waals surface area contributed by atoms with Gasteiger partial charge in [-0.15, -0.1) is 0 Å². The highest BCUT2D eigenvalue weighted by Crippen LogP contribution is 2.24. The number of halogens is 1. The molecular weight excluding hydrogens is 300 g/mol. The molecule has 0 amide bonds. The van der Waals surface area contributed by atoms with Crippen molar-refractivity contribution >= 4 is 26.2 Å². The summed E-state index contributed by atoms with van der Waals surface area (Å²) in [4.78, 5) is 0. The van der Waals surface area contributed by atoms with E-state index in [1.165, 1.54) is 25.7 Å². The lowest BCUT2D eigenvalue weighted by Crippen LogP contribution is -2.27. The molecule has 2 atom stereocenters. The molecule has 0 heterocycles. The van der Waals surface area contributed by atoms with Gasteiger partial charge in [0.2, 0.25) is 0 Å². The summed E-state index contributed by atoms with van der Waals surface area (Å²) in [5.41, 5.74) is 2.00. The second-order valence-corrected chi connectivity index (χ2v) is 5.96. The van der Waals surface area contributed by atoms with Crippen LogP contribution in [0.5, 0.6) is 0 Å². The molecule has 0 saturated heterocycles. The molecule has 0 spiro atoms. The van der Waals surface area contributed by atoms with Gasteiger partial charge in [0.05, 0.1) is 0 Å². The highest BCUT2D eigenvalue weighted by atomic mass is 79.9. The SMILES string of the molecule is CCCC(C)C(CCC)Nc1ccccc1C(=N)Br. The molecule has 106 valence electrons. The number of para-hydroxylation sites is 1. The maximum Gasteiger partial charge on any atom is 0.106 e. The summed E-state index contributed by atoms with van der Waals surface area (Å²) >= 11 is 3.27. The van der Waals surface area contributed by atoms with E-state index in [-0.39, 0.29) is 0 Å². The summed E-state index contributed by atoms with van der Waals surface area (Å²) in [6.07, 6.45) is 4.81. The predicted molar refractivity (Wildman–Crippen MR) is 88.6 cm³/mol. The van der Waals surface area contributed by atoms with E-state index in [4.69, 9.17) is 5.41 Å². The van der Waals surface area contributed by atoms with Gasteiger partial charge in [0.1, 0.15) is 4.62 Å². The molecule has 0 aromatic heterocycles. The van der Waals surface area contributed by atoms with Crippen LogP contribution in [-0.2, 0) is 0 Å². The standard InChI is InChI=1S/C16H25BrN2/c1-4-8-12(3)14(9-5-2)19-15-11-7-6-10-13(15)16(17)18/h6-7,10-12,14,18-19H,4-5,8-9H2,1-3H3. The molecule has 2 unspecified atom stereocenters. The Morgan fingerprint density at radius 2 is 1.84 bits per heavy atom. The van der Waals surface area contributed by atoms with E-state index in [0.717, 1.165) is 11.3 Å². The minimum atomic E-state index is 0.439. The summed E-state index contributed by atoms with van der Waals surface area (Å²) in [6.45, 7) is 6.78. The molecule has 0 saturated carbocycles. The fourth-order valence-corrected chi connectivity index (χ4v) is 2.81. The largest absolute Gasteiger partial charge is 0.381 e. The van der Waals surface area contributed by atoms with Crippen LogP contribution in [0.3, 0.4) is 0 Å². The van der Waals surface area contributed by atoms with E-state index in [0.29, 0.717) is 16.6 Å². The van der Waals surface area contributed by atoms with Crippen LogP contribution in [0.4, 0.5) is 5.69 Å². The van der Waals surface area contributed by atoms with Gasteiger partial charge in [0.25, 0.3) is 0 Å². The van der Waals surface area contributed by atoms with Gasteiger partial charge in [-0.05, 0) is 40.8 Å². The molecule has 1 aromatic carbocycles. The molecular formula is C16H25BrN2. The van der Waals surface area contributed by atoms with Crippen LogP contribution in [0, 0.1) is 11.3 Å². The van der Waals surface area contributed by atoms with E-state index in [9.17, 15) is 0 Å². The first-order chi connectivity index (χ1) is 9.10. The van der Waals surface area contributed by atoms with Crippen LogP contribution in [0.2, 0.25) is 0 Å². The van der Waals surface area contributed by atoms with E-state index < -0.39 is 0 Å². The minimum Gasteiger partial charge on any atom is -0.381 e. The molecule has 0 fully saturated rings. The summed E-state index contributed by atoms with van der Waals surface area (Å²) in [7, 11) is 0. The van der Waals surface area contributed by atoms with Gasteiger partial charge in [-0.1, -0.05) is 51.8 Å². The van der Waals surface area contributed by atoms with Gasteiger partial charge in [-0.3, -0.25) is 5.41 Å². The Balaban J connectivity index is 2.87. The monoisotopic (exact) mass is 324 g/mol. The van der Waals surface area contributed by atoms with Crippen molar-refractivity contribution in [3.8, 4) is 0 Å². The van der Waals surface area contributed by atoms with E-state index in [1.54, 1.807) is 0 Å². The second kappa shape index (κ2) is 8.36. The van der Waals surface area contributed by atoms with Crippen LogP contribution < -0.4 is 5.32 Å². The van der Waals surface area contributed by atoms with Gasteiger partial charge in [0.15, 0.2) is 0 Å². The normalized spacial score (nSPS) is 13.9. The molecule has 1 rings (SSSR count). The Hall–Kier alpha value is -0.830. The van der Waals surface area contributed by atoms with Crippen molar-refractivity contribution in [2.45, 2.75) is 52.5 Å². The summed E-state index contributed by atoms with van der Waals surface area (Å²) in [5.74, 6) is 0.655. The Labute approximate surface area is 125 Å². The summed E-state index contributed by atoms with van der Waals surface area (Å²) in [5, 5.41) is 11.4. The van der Waals surface area contributed by atoms with Gasteiger partial charge in [-0.2, -0.15) is 0 Å². The van der Waals surface area contributed by atoms with E-state index >= 15 is 0 Å². The molecule has 0 radical (unpaired) electrons. The summed E-state index contributed by atoms with van der Waals surface area (Å²) < 4.78 is 0.439. The molecule has 1 aromatic rings. The average Bonchev–Trinajstić information content (AvgIpc) is 2.39. The quantitative estimate of drug-likeness (QED) is 0.615. The topological polar surface area (TPSA) is 35.9 Å². The van der Waals surface area contributed by atoms with Crippen LogP contribution in [0.1, 0.15) is 52.0 Å². The number of rotatable bonds is 8. The van der Waals surface area contributed by atoms with Crippen LogP contribution >= 0.6 is 15.9 Å². The molecule has 0 aliphatic carbocycles. The lowest BCUT2D eigenvalue weighted by atomic mass is 9.93. The zero-order valence-electron chi connectivity index (χ0n) is 12.2. The van der Waals surface area contributed by atoms with Crippen molar-refractivity contribution in [3.63, 3.8) is 0 Å². The van der Waals surface area contributed by atoms with Crippen molar-refractivity contribution in [1.29, 1.82) is 5.41 Å². The van der Waals surface area contributed by atoms with Gasteiger partial charge in [0, 0.05) is 17.3 Å². The molecule has 19 heavy (non-hydrogen) atoms. The lowest BCUT2D eigenvalue weighted by molar-refractivity contribution is 0.422. The van der Waals surface area contributed by atoms with Crippen molar-refractivity contribution in [1.82, 2.24) is 0 Å². The fourth-order valence-electron chi connectivity index (χ4n) is 2.47.